The van der Waals surface area contributed by atoms with Gasteiger partial charge in [0.05, 0.1) is 52.9 Å². The number of rotatable bonds is 52. The minimum Gasteiger partial charge on any atom is -0.394 e. The van der Waals surface area contributed by atoms with Crippen molar-refractivity contribution in [3.63, 3.8) is 0 Å². The lowest BCUT2D eigenvalue weighted by Crippen LogP contribution is -2.64. The number of carbonyl (C=O) groups excluding carboxylic acids is 8. The van der Waals surface area contributed by atoms with Crippen LogP contribution in [0.4, 0.5) is 0 Å². The van der Waals surface area contributed by atoms with E-state index in [-0.39, 0.29) is 114 Å². The molecule has 0 spiro atoms. The zero-order chi connectivity index (χ0) is 71.5. The highest BCUT2D eigenvalue weighted by atomic mass is 16.7. The van der Waals surface area contributed by atoms with Crippen LogP contribution in [0.25, 0.3) is 0 Å². The average Bonchev–Trinajstić information content (AvgIpc) is 0.831. The molecule has 3 aliphatic rings. The van der Waals surface area contributed by atoms with Gasteiger partial charge in [-0.15, -0.1) is 0 Å². The van der Waals surface area contributed by atoms with E-state index < -0.39 is 135 Å². The highest BCUT2D eigenvalue weighted by Crippen LogP contribution is 2.26. The van der Waals surface area contributed by atoms with Gasteiger partial charge in [-0.05, 0) is 77.3 Å². The summed E-state index contributed by atoms with van der Waals surface area (Å²) in [5, 5.41) is 115. The Balaban J connectivity index is 1.32. The Labute approximate surface area is 566 Å². The number of nitrogens with one attached hydrogen (secondary N) is 9. The van der Waals surface area contributed by atoms with Gasteiger partial charge in [-0.2, -0.15) is 0 Å². The fraction of sp³-hybridized carbons (Fsp3) is 0.871. The molecule has 0 radical (unpaired) electrons. The van der Waals surface area contributed by atoms with E-state index in [1.807, 2.05) is 6.92 Å². The lowest BCUT2D eigenvalue weighted by molar-refractivity contribution is -0.270. The maximum absolute atomic E-state index is 12.7. The van der Waals surface area contributed by atoms with Crippen LogP contribution in [0.15, 0.2) is 0 Å². The molecule has 0 aliphatic carbocycles. The summed E-state index contributed by atoms with van der Waals surface area (Å²) >= 11 is 0. The molecule has 18 N–H and O–H groups in total. The van der Waals surface area contributed by atoms with Gasteiger partial charge < -0.3 is 136 Å². The average molecular weight is 1400 g/mol. The predicted octanol–water partition coefficient (Wildman–Crippen LogP) is -6.05. The highest BCUT2D eigenvalue weighted by molar-refractivity contribution is 5.78. The molecule has 3 saturated heterocycles. The largest absolute Gasteiger partial charge is 0.394 e. The molecule has 3 rings (SSSR count). The maximum atomic E-state index is 12.7. The molecule has 0 aromatic heterocycles. The Morgan fingerprint density at radius 1 is 0.351 bits per heavy atom. The van der Waals surface area contributed by atoms with Crippen LogP contribution in [0.2, 0.25) is 0 Å². The SMILES string of the molecule is CC(=O)NC1C(OCCCCC(=O)NCCCNCCCOCC(C)(COCCC(=O)NCCCNC(=O)CCCCOC2OC(CO)C(O)C(O)C2NC(C)=O)COCCC(=O)NCCCNC(=O)CCCCOC2OC(CO)C(O)C(O)C2NC(C)=O)OC(CO)C(O)C1O. The molecule has 8 amide bonds. The standard InChI is InChI=1S/C62H113N9O26/c1-39(75)69-50-56(86)53(83)42(33-72)95-59(50)92-28-8-5-15-45(78)64-22-11-20-63-21-14-27-89-36-62(4,37-90-31-18-48(81)67-25-12-23-65-46(79)16-6-9-29-93-60-51(70-40(2)76)57(87)54(84)43(34-73)96-60)38-91-32-19-49(82)68-26-13-24-66-47(80)17-7-10-30-94-61-52(71-41(3)77)58(88)55(85)44(35-74)97-61/h42-44,50-61,63,72-74,83-88H,5-38H2,1-4H3,(H,64,78)(H,65,79)(H,66,80)(H,67,81)(H,68,82)(H,69,75)(H,70,76)(H,71,77). The molecule has 3 fully saturated rings. The van der Waals surface area contributed by atoms with Gasteiger partial charge in [0.2, 0.25) is 47.3 Å². The first-order chi connectivity index (χ1) is 46.4. The number of carbonyl (C=O) groups is 8. The fourth-order valence-electron chi connectivity index (χ4n) is 10.4. The Morgan fingerprint density at radius 3 is 0.928 bits per heavy atom. The molecule has 15 unspecified atom stereocenters. The molecule has 35 nitrogen and oxygen atoms in total. The van der Waals surface area contributed by atoms with Gasteiger partial charge in [0, 0.05) is 117 Å². The van der Waals surface area contributed by atoms with Gasteiger partial charge in [0.15, 0.2) is 18.9 Å². The molecule has 3 aliphatic heterocycles. The van der Waals surface area contributed by atoms with Crippen LogP contribution < -0.4 is 47.9 Å². The zero-order valence-corrected chi connectivity index (χ0v) is 56.7. The van der Waals surface area contributed by atoms with E-state index in [0.717, 1.165) is 0 Å². The van der Waals surface area contributed by atoms with Crippen molar-refractivity contribution in [3.05, 3.63) is 0 Å². The Kier molecular flexibility index (Phi) is 44.0. The molecule has 97 heavy (non-hydrogen) atoms. The van der Waals surface area contributed by atoms with Gasteiger partial charge in [-0.1, -0.05) is 6.92 Å². The van der Waals surface area contributed by atoms with Crippen LogP contribution in [0, 0.1) is 5.41 Å². The highest BCUT2D eigenvalue weighted by Gasteiger charge is 2.48. The number of aliphatic hydroxyl groups excluding tert-OH is 9. The minimum absolute atomic E-state index is 0.0655. The minimum atomic E-state index is -1.43. The van der Waals surface area contributed by atoms with E-state index in [2.05, 4.69) is 47.9 Å². The fourth-order valence-corrected chi connectivity index (χ4v) is 10.4. The van der Waals surface area contributed by atoms with E-state index in [9.17, 15) is 84.3 Å². The molecule has 0 saturated carbocycles. The Bertz CT molecular complexity index is 2170. The van der Waals surface area contributed by atoms with Gasteiger partial charge >= 0.3 is 0 Å². The van der Waals surface area contributed by atoms with Gasteiger partial charge in [-0.3, -0.25) is 38.4 Å². The lowest BCUT2D eigenvalue weighted by atomic mass is 9.94. The molecule has 562 valence electrons. The summed E-state index contributed by atoms with van der Waals surface area (Å²) in [5.74, 6) is -2.43. The third-order valence-electron chi connectivity index (χ3n) is 15.8. The van der Waals surface area contributed by atoms with Crippen LogP contribution in [-0.2, 0) is 81.0 Å². The quantitative estimate of drug-likeness (QED) is 0.0252. The third-order valence-corrected chi connectivity index (χ3v) is 15.8. The normalized spacial score (nSPS) is 26.2. The first-order valence-electron chi connectivity index (χ1n) is 33.7. The molecule has 0 bridgehead atoms. The second kappa shape index (κ2) is 49.5. The maximum Gasteiger partial charge on any atom is 0.222 e. The molecule has 3 heterocycles. The van der Waals surface area contributed by atoms with Crippen molar-refractivity contribution in [3.8, 4) is 0 Å². The van der Waals surface area contributed by atoms with E-state index in [1.54, 1.807) is 0 Å². The Morgan fingerprint density at radius 2 is 0.629 bits per heavy atom. The van der Waals surface area contributed by atoms with E-state index >= 15 is 0 Å². The molecule has 0 aromatic rings. The van der Waals surface area contributed by atoms with Crippen LogP contribution in [0.3, 0.4) is 0 Å². The van der Waals surface area contributed by atoms with Gasteiger partial charge in [0.25, 0.3) is 0 Å². The van der Waals surface area contributed by atoms with Gasteiger partial charge in [-0.25, -0.2) is 0 Å². The van der Waals surface area contributed by atoms with Crippen molar-refractivity contribution in [1.82, 2.24) is 47.9 Å². The van der Waals surface area contributed by atoms with Crippen LogP contribution >= 0.6 is 0 Å². The molecule has 0 aromatic carbocycles. The van der Waals surface area contributed by atoms with E-state index in [1.165, 1.54) is 20.8 Å². The predicted molar refractivity (Wildman–Crippen MR) is 342 cm³/mol. The molecular formula is C62H113N9O26. The van der Waals surface area contributed by atoms with Crippen molar-refractivity contribution in [2.75, 3.05) is 125 Å². The summed E-state index contributed by atoms with van der Waals surface area (Å²) < 4.78 is 51.7. The number of hydrogen-bond acceptors (Lipinski definition) is 27. The monoisotopic (exact) mass is 1400 g/mol. The van der Waals surface area contributed by atoms with Crippen molar-refractivity contribution in [2.45, 2.75) is 216 Å². The van der Waals surface area contributed by atoms with Crippen LogP contribution in [-0.4, -0.2) is 310 Å². The molecule has 15 atom stereocenters. The van der Waals surface area contributed by atoms with Crippen molar-refractivity contribution >= 4 is 47.3 Å². The summed E-state index contributed by atoms with van der Waals surface area (Å²) in [6.07, 6.45) is -9.39. The first kappa shape index (κ1) is 86.2. The van der Waals surface area contributed by atoms with Crippen molar-refractivity contribution in [1.29, 1.82) is 0 Å². The van der Waals surface area contributed by atoms with Crippen molar-refractivity contribution < 1.29 is 127 Å². The lowest BCUT2D eigenvalue weighted by Gasteiger charge is -2.42. The van der Waals surface area contributed by atoms with E-state index in [4.69, 9.17) is 42.6 Å². The number of amides is 8. The second-order valence-electron chi connectivity index (χ2n) is 24.7. The summed E-state index contributed by atoms with van der Waals surface area (Å²) in [6.45, 7) is 8.50. The van der Waals surface area contributed by atoms with Crippen LogP contribution in [0.1, 0.15) is 124 Å². The topological polar surface area (TPSA) is 510 Å². The summed E-state index contributed by atoms with van der Waals surface area (Å²) in [4.78, 5) is 97.7. The first-order valence-corrected chi connectivity index (χ1v) is 33.7. The third kappa shape index (κ3) is 35.2. The second-order valence-corrected chi connectivity index (χ2v) is 24.7. The molecule has 35 heteroatoms. The van der Waals surface area contributed by atoms with Gasteiger partial charge in [0.1, 0.15) is 73.1 Å². The Hall–Kier alpha value is -5.00. The van der Waals surface area contributed by atoms with E-state index in [0.29, 0.717) is 117 Å². The smallest absolute Gasteiger partial charge is 0.222 e. The summed E-state index contributed by atoms with van der Waals surface area (Å²) in [5.41, 5.74) is -0.669. The summed E-state index contributed by atoms with van der Waals surface area (Å²) in [6, 6.07) is -3.17. The number of unbranched alkanes of at least 4 members (excludes halogenated alkanes) is 3. The number of ether oxygens (including phenoxy) is 9. The molecular weight excluding hydrogens is 1290 g/mol. The number of hydrogen-bond donors (Lipinski definition) is 18. The zero-order valence-electron chi connectivity index (χ0n) is 56.7. The number of aliphatic hydroxyl groups is 9. The van der Waals surface area contributed by atoms with Crippen LogP contribution in [0.5, 0.6) is 0 Å². The summed E-state index contributed by atoms with van der Waals surface area (Å²) in [7, 11) is 0. The van der Waals surface area contributed by atoms with Crippen molar-refractivity contribution in [2.24, 2.45) is 5.41 Å².